The number of aliphatic hydroxyl groups is 1. The maximum Gasteiger partial charge on any atom is 0.305 e. The van der Waals surface area contributed by atoms with Gasteiger partial charge in [-0.1, -0.05) is 45.9 Å². The number of nitrogens with one attached hydrogen (secondary N) is 7. The predicted octanol–water partition coefficient (Wildman–Crippen LogP) is 0.180. The van der Waals surface area contributed by atoms with Crippen LogP contribution >= 0.6 is 11.8 Å². The Balaban J connectivity index is 2.52. The number of hydrogen-bond acceptors (Lipinski definition) is 16. The first-order valence-corrected chi connectivity index (χ1v) is 26.2. The molecular weight excluding hydrogens is 979 g/mol. The molecule has 1 heterocycles. The summed E-state index contributed by atoms with van der Waals surface area (Å²) in [6, 6.07) is -1.07. The molecule has 1 aromatic carbocycles. The number of carbonyl (C=O) groups is 9. The van der Waals surface area contributed by atoms with Crippen LogP contribution in [0.15, 0.2) is 49.2 Å². The van der Waals surface area contributed by atoms with Crippen molar-refractivity contribution in [2.45, 2.75) is 141 Å². The number of carboxylic acid groups (broad SMARTS) is 1. The van der Waals surface area contributed by atoms with E-state index in [4.69, 9.17) is 17.2 Å². The molecule has 74 heavy (non-hydrogen) atoms. The number of rotatable bonds is 38. The number of Topliss-reactive ketones (excluding diaryl/α,β-unsaturated/α-hetero) is 2. The lowest BCUT2D eigenvalue weighted by Crippen LogP contribution is -2.59. The summed E-state index contributed by atoms with van der Waals surface area (Å²) in [5.41, 5.74) is 18.1. The summed E-state index contributed by atoms with van der Waals surface area (Å²) < 4.78 is 0. The number of hydrogen-bond donors (Lipinski definition) is 13. The Morgan fingerprint density at radius 3 is 1.89 bits per heavy atom. The van der Waals surface area contributed by atoms with Gasteiger partial charge >= 0.3 is 5.97 Å². The van der Waals surface area contributed by atoms with Gasteiger partial charge < -0.3 is 69.4 Å². The number of aromatic hydroxyl groups is 1. The number of aromatic nitrogens is 2. The molecule has 0 aliphatic heterocycles. The molecule has 0 fully saturated rings. The van der Waals surface area contributed by atoms with Crippen LogP contribution in [-0.4, -0.2) is 140 Å². The molecule has 0 unspecified atom stereocenters. The van der Waals surface area contributed by atoms with Crippen LogP contribution in [0.2, 0.25) is 0 Å². The number of thioether (sulfide) groups is 1. The van der Waals surface area contributed by atoms with Crippen molar-refractivity contribution in [3.63, 3.8) is 0 Å². The number of H-pyrrole nitrogens is 1. The van der Waals surface area contributed by atoms with Crippen molar-refractivity contribution in [1.82, 2.24) is 41.9 Å². The number of carboxylic acids is 1. The Morgan fingerprint density at radius 2 is 1.32 bits per heavy atom. The van der Waals surface area contributed by atoms with E-state index < -0.39 is 114 Å². The van der Waals surface area contributed by atoms with Crippen molar-refractivity contribution >= 4 is 64.7 Å². The van der Waals surface area contributed by atoms with Crippen molar-refractivity contribution in [2.24, 2.45) is 40.9 Å². The van der Waals surface area contributed by atoms with Gasteiger partial charge in [0.1, 0.15) is 35.7 Å². The summed E-state index contributed by atoms with van der Waals surface area (Å²) in [5.74, 6) is -9.82. The van der Waals surface area contributed by atoms with Crippen LogP contribution in [0.5, 0.6) is 5.75 Å². The normalized spacial score (nSPS) is 14.9. The fourth-order valence-electron chi connectivity index (χ4n) is 7.85. The van der Waals surface area contributed by atoms with Gasteiger partial charge in [0.15, 0.2) is 5.78 Å². The molecule has 24 heteroatoms. The molecule has 0 radical (unpaired) electrons. The Bertz CT molecular complexity index is 2160. The van der Waals surface area contributed by atoms with Crippen molar-refractivity contribution in [2.75, 3.05) is 25.1 Å². The molecule has 412 valence electrons. The topological polar surface area (TPSA) is 393 Å². The highest BCUT2D eigenvalue weighted by Crippen LogP contribution is 2.21. The van der Waals surface area contributed by atoms with E-state index >= 15 is 0 Å². The van der Waals surface area contributed by atoms with Gasteiger partial charge in [0, 0.05) is 56.0 Å². The van der Waals surface area contributed by atoms with Crippen LogP contribution in [-0.2, 0) is 56.0 Å². The van der Waals surface area contributed by atoms with Gasteiger partial charge in [-0.3, -0.25) is 43.2 Å². The van der Waals surface area contributed by atoms with E-state index in [0.29, 0.717) is 36.3 Å². The van der Waals surface area contributed by atoms with Gasteiger partial charge in [-0.15, -0.1) is 0 Å². The standard InChI is InChI=1S/C50H79N11O12S/c1-28(2)20-40(49(72)59-39(45(53)68)23-34-26-54-27-56-34)61-48(71)37(11-9-18-55-31(5)52)57-50(73)41(21-32-12-14-35(63)15-13-32)60-46(69)33(10-7-8-17-51)22-43(65)38(25-44(66)67)58-47(70)36(30(4)62)24-42(64)29(3)16-19-74-6/h12-15,26-30,33,36-41,55,62-63H,5,7-11,16-25,51-52H2,1-4,6H3,(H2,53,68)(H,54,56)(H,57,73)(H,58,70)(H,59,72)(H,60,69)(H,61,71)(H,66,67)/t29-,30+,33+,36-,37-,38-,39-,40-,41-/m0/s1. The van der Waals surface area contributed by atoms with E-state index in [-0.39, 0.29) is 81.3 Å². The SMILES string of the molecule is C=C(N)NCCC[C@H](NC(=O)[C@H](Cc1ccc(O)cc1)NC(=O)[C@H](CCCCN)CC(=O)[C@H](CC(=O)O)NC(=O)[C@@H](CC(=O)[C@@H](C)CCSC)[C@@H](C)O)C(=O)N[C@@H](CC(C)C)C(=O)N[C@@H](Cc1cnc[nH]1)C(N)=O. The highest BCUT2D eigenvalue weighted by molar-refractivity contribution is 7.98. The van der Waals surface area contributed by atoms with Gasteiger partial charge in [0.2, 0.25) is 35.4 Å². The number of nitrogens with zero attached hydrogens (tertiary/aromatic N) is 1. The van der Waals surface area contributed by atoms with Crippen molar-refractivity contribution < 1.29 is 58.5 Å². The summed E-state index contributed by atoms with van der Waals surface area (Å²) in [7, 11) is 0. The van der Waals surface area contributed by atoms with Crippen LogP contribution in [0.4, 0.5) is 0 Å². The molecule has 2 rings (SSSR count). The monoisotopic (exact) mass is 1060 g/mol. The highest BCUT2D eigenvalue weighted by atomic mass is 32.2. The number of benzene rings is 1. The summed E-state index contributed by atoms with van der Waals surface area (Å²) >= 11 is 1.54. The van der Waals surface area contributed by atoms with Crippen LogP contribution in [0, 0.1) is 23.7 Å². The van der Waals surface area contributed by atoms with Gasteiger partial charge in [0.25, 0.3) is 0 Å². The summed E-state index contributed by atoms with van der Waals surface area (Å²) in [4.78, 5) is 129. The fraction of sp³-hybridized carbons (Fsp3) is 0.600. The van der Waals surface area contributed by atoms with Gasteiger partial charge in [-0.05, 0) is 87.6 Å². The lowest BCUT2D eigenvalue weighted by Gasteiger charge is -2.28. The third-order valence-electron chi connectivity index (χ3n) is 12.2. The minimum absolute atomic E-state index is 0.0109. The predicted molar refractivity (Wildman–Crippen MR) is 278 cm³/mol. The maximum atomic E-state index is 14.5. The number of amides is 6. The summed E-state index contributed by atoms with van der Waals surface area (Å²) in [6.07, 6.45) is 3.02. The average molecular weight is 1060 g/mol. The summed E-state index contributed by atoms with van der Waals surface area (Å²) in [6.45, 7) is 10.7. The molecule has 0 saturated heterocycles. The molecule has 0 saturated carbocycles. The van der Waals surface area contributed by atoms with Crippen LogP contribution in [0.1, 0.15) is 103 Å². The Kier molecular flexibility index (Phi) is 28.6. The number of unbranched alkanes of at least 4 members (excludes halogenated alkanes) is 1. The number of imidazole rings is 1. The number of nitrogens with two attached hydrogens (primary N) is 3. The lowest BCUT2D eigenvalue weighted by atomic mass is 9.88. The number of primary amides is 1. The second-order valence-corrected chi connectivity index (χ2v) is 20.0. The molecule has 6 amide bonds. The zero-order chi connectivity index (χ0) is 55.5. The third-order valence-corrected chi connectivity index (χ3v) is 12.8. The molecular formula is C50H79N11O12S. The van der Waals surface area contributed by atoms with E-state index in [1.807, 2.05) is 20.1 Å². The number of aromatic amines is 1. The van der Waals surface area contributed by atoms with E-state index in [1.54, 1.807) is 18.7 Å². The number of aliphatic carboxylic acids is 1. The number of phenols is 1. The number of ketones is 2. The summed E-state index contributed by atoms with van der Waals surface area (Å²) in [5, 5.41) is 46.4. The largest absolute Gasteiger partial charge is 0.508 e. The number of phenolic OH excluding ortho intramolecular Hbond substituents is 1. The zero-order valence-corrected chi connectivity index (χ0v) is 44.0. The van der Waals surface area contributed by atoms with Crippen molar-refractivity contribution in [1.29, 1.82) is 0 Å². The molecule has 0 bridgehead atoms. The Labute approximate surface area is 436 Å². The molecule has 16 N–H and O–H groups in total. The molecule has 0 spiro atoms. The van der Waals surface area contributed by atoms with Gasteiger partial charge in [-0.25, -0.2) is 4.98 Å². The first-order valence-electron chi connectivity index (χ1n) is 24.8. The maximum absolute atomic E-state index is 14.5. The molecule has 1 aromatic heterocycles. The zero-order valence-electron chi connectivity index (χ0n) is 43.2. The third kappa shape index (κ3) is 24.0. The first kappa shape index (κ1) is 63.6. The smallest absolute Gasteiger partial charge is 0.305 e. The van der Waals surface area contributed by atoms with E-state index in [9.17, 15) is 58.5 Å². The van der Waals surface area contributed by atoms with E-state index in [1.165, 1.54) is 43.7 Å². The van der Waals surface area contributed by atoms with Crippen molar-refractivity contribution in [3.05, 3.63) is 60.4 Å². The minimum atomic E-state index is -1.67. The average Bonchev–Trinajstić information content (AvgIpc) is 3.85. The molecule has 0 aliphatic rings. The van der Waals surface area contributed by atoms with E-state index in [2.05, 4.69) is 48.4 Å². The Hall–Kier alpha value is -6.53. The second-order valence-electron chi connectivity index (χ2n) is 19.0. The number of aliphatic hydroxyl groups excluding tert-OH is 1. The molecule has 0 aliphatic carbocycles. The minimum Gasteiger partial charge on any atom is -0.508 e. The van der Waals surface area contributed by atoms with Gasteiger partial charge in [-0.2, -0.15) is 11.8 Å². The highest BCUT2D eigenvalue weighted by Gasteiger charge is 2.36. The lowest BCUT2D eigenvalue weighted by molar-refractivity contribution is -0.142. The van der Waals surface area contributed by atoms with Crippen LogP contribution in [0.25, 0.3) is 0 Å². The Morgan fingerprint density at radius 1 is 0.716 bits per heavy atom. The van der Waals surface area contributed by atoms with Gasteiger partial charge in [0.05, 0.1) is 36.6 Å². The molecule has 9 atom stereocenters. The second kappa shape index (κ2) is 33.3. The van der Waals surface area contributed by atoms with Crippen molar-refractivity contribution in [3.8, 4) is 5.75 Å². The molecule has 2 aromatic rings. The fourth-order valence-corrected chi connectivity index (χ4v) is 8.44. The van der Waals surface area contributed by atoms with E-state index in [0.717, 1.165) is 0 Å². The quantitative estimate of drug-likeness (QED) is 0.0399. The molecule has 23 nitrogen and oxygen atoms in total. The number of carbonyl (C=O) groups excluding carboxylic acids is 8. The van der Waals surface area contributed by atoms with Crippen LogP contribution in [0.3, 0.4) is 0 Å². The van der Waals surface area contributed by atoms with Crippen LogP contribution < -0.4 is 49.1 Å². The first-order chi connectivity index (χ1) is 34.9.